The van der Waals surface area contributed by atoms with Crippen LogP contribution in [0.5, 0.6) is 0 Å². The third-order valence-electron chi connectivity index (χ3n) is 8.00. The molecule has 3 N–H and O–H groups in total. The molecule has 6 aromatic rings. The molecule has 3 amide bonds. The van der Waals surface area contributed by atoms with E-state index in [1.165, 1.54) is 23.9 Å². The first kappa shape index (κ1) is 36.4. The summed E-state index contributed by atoms with van der Waals surface area (Å²) in [4.78, 5) is 41.2. The number of hydrogen-bond acceptors (Lipinski definition) is 4. The van der Waals surface area contributed by atoms with Crippen molar-refractivity contribution in [3.05, 3.63) is 192 Å². The van der Waals surface area contributed by atoms with Crippen LogP contribution in [-0.2, 0) is 15.8 Å². The molecule has 0 saturated carbocycles. The molecule has 0 aromatic heterocycles. The van der Waals surface area contributed by atoms with Crippen LogP contribution in [0.15, 0.2) is 174 Å². The Hall–Kier alpha value is -6.39. The second kappa shape index (κ2) is 16.8. The minimum absolute atomic E-state index is 0.00648. The number of carbonyl (C=O) groups is 3. The molecule has 6 nitrogen and oxygen atoms in total. The second-order valence-corrected chi connectivity index (χ2v) is 13.0. The van der Waals surface area contributed by atoms with Gasteiger partial charge in [0.2, 0.25) is 5.91 Å². The number of benzene rings is 6. The number of nitrogens with one attached hydrogen (secondary N) is 3. The van der Waals surface area contributed by atoms with E-state index in [1.807, 2.05) is 54.6 Å². The molecule has 0 aliphatic rings. The van der Waals surface area contributed by atoms with Gasteiger partial charge in [-0.2, -0.15) is 13.2 Å². The smallest absolute Gasteiger partial charge is 0.325 e. The molecule has 0 saturated heterocycles. The molecule has 53 heavy (non-hydrogen) atoms. The minimum Gasteiger partial charge on any atom is -0.325 e. The Kier molecular flexibility index (Phi) is 11.5. The first-order valence-electron chi connectivity index (χ1n) is 16.5. The van der Waals surface area contributed by atoms with Crippen molar-refractivity contribution in [3.63, 3.8) is 0 Å². The largest absolute Gasteiger partial charge is 0.416 e. The number of alkyl halides is 3. The molecule has 1 atom stereocenters. The van der Waals surface area contributed by atoms with Crippen molar-refractivity contribution in [2.45, 2.75) is 16.3 Å². The van der Waals surface area contributed by atoms with Crippen LogP contribution < -0.4 is 16.0 Å². The lowest BCUT2D eigenvalue weighted by atomic mass is 10.0. The van der Waals surface area contributed by atoms with Crippen LogP contribution in [-0.4, -0.2) is 17.7 Å². The van der Waals surface area contributed by atoms with E-state index >= 15 is 0 Å². The Balaban J connectivity index is 1.23. The van der Waals surface area contributed by atoms with Gasteiger partial charge in [0.15, 0.2) is 0 Å². The molecule has 0 bridgehead atoms. The molecule has 0 spiro atoms. The molecule has 0 radical (unpaired) electrons. The highest BCUT2D eigenvalue weighted by molar-refractivity contribution is 8.00. The van der Waals surface area contributed by atoms with E-state index < -0.39 is 34.7 Å². The van der Waals surface area contributed by atoms with Crippen LogP contribution >= 0.6 is 11.8 Å². The molecule has 0 aliphatic carbocycles. The Morgan fingerprint density at radius 3 is 1.85 bits per heavy atom. The summed E-state index contributed by atoms with van der Waals surface area (Å²) in [6.07, 6.45) is -2.97. The number of hydrogen-bond donors (Lipinski definition) is 3. The van der Waals surface area contributed by atoms with Crippen molar-refractivity contribution >= 4 is 46.9 Å². The summed E-state index contributed by atoms with van der Waals surface area (Å²) < 4.78 is 40.0. The van der Waals surface area contributed by atoms with Gasteiger partial charge in [-0.15, -0.1) is 11.8 Å². The van der Waals surface area contributed by atoms with Crippen LogP contribution in [0.4, 0.5) is 24.5 Å². The van der Waals surface area contributed by atoms with Gasteiger partial charge in [-0.25, -0.2) is 0 Å². The molecule has 0 heterocycles. The normalized spacial score (nSPS) is 12.0. The topological polar surface area (TPSA) is 87.3 Å². The summed E-state index contributed by atoms with van der Waals surface area (Å²) in [5, 5.41) is 7.38. The standard InChI is InChI=1S/C43H32F3N3O3S/c44-43(45,46)34-18-10-19-35(27-34)48-42(52)39(32-14-6-2-7-15-32)53-37-21-11-20-36(28-37)47-41(51)38(49-40(50)33-16-8-3-9-17-33)26-29-22-24-31(25-23-29)30-12-4-1-5-13-30/h1-28,39H,(H,47,51)(H,48,52)(H,49,50)/b38-26+. The number of halogens is 3. The SMILES string of the molecule is O=C(Nc1cccc(SC(C(=O)Nc2cccc(C(F)(F)F)c2)c2ccccc2)c1)/C(=C\c1ccc(-c2ccccc2)cc1)NC(=O)c1ccccc1. The molecule has 1 unspecified atom stereocenters. The molecule has 0 aliphatic heterocycles. The fourth-order valence-electron chi connectivity index (χ4n) is 5.37. The van der Waals surface area contributed by atoms with Crippen molar-refractivity contribution < 1.29 is 27.6 Å². The van der Waals surface area contributed by atoms with Crippen LogP contribution in [0, 0.1) is 0 Å². The van der Waals surface area contributed by atoms with Gasteiger partial charge in [-0.3, -0.25) is 14.4 Å². The Bertz CT molecular complexity index is 2230. The average Bonchev–Trinajstić information content (AvgIpc) is 3.18. The van der Waals surface area contributed by atoms with Crippen LogP contribution in [0.25, 0.3) is 17.2 Å². The van der Waals surface area contributed by atoms with Crippen molar-refractivity contribution in [1.29, 1.82) is 0 Å². The fraction of sp³-hybridized carbons (Fsp3) is 0.0465. The third kappa shape index (κ3) is 9.90. The summed E-state index contributed by atoms with van der Waals surface area (Å²) in [5.41, 5.74) is 3.26. The molecular weight excluding hydrogens is 696 g/mol. The summed E-state index contributed by atoms with van der Waals surface area (Å²) in [6.45, 7) is 0. The van der Waals surface area contributed by atoms with E-state index in [4.69, 9.17) is 0 Å². The third-order valence-corrected chi connectivity index (χ3v) is 9.25. The van der Waals surface area contributed by atoms with E-state index in [0.717, 1.165) is 23.3 Å². The van der Waals surface area contributed by atoms with Gasteiger partial charge in [0.1, 0.15) is 10.9 Å². The Morgan fingerprint density at radius 2 is 1.19 bits per heavy atom. The lowest BCUT2D eigenvalue weighted by molar-refractivity contribution is -0.137. The van der Waals surface area contributed by atoms with Gasteiger partial charge in [-0.1, -0.05) is 115 Å². The van der Waals surface area contributed by atoms with E-state index in [-0.39, 0.29) is 11.4 Å². The molecule has 6 aromatic carbocycles. The summed E-state index contributed by atoms with van der Waals surface area (Å²) in [7, 11) is 0. The van der Waals surface area contributed by atoms with Crippen LogP contribution in [0.1, 0.15) is 32.3 Å². The molecule has 264 valence electrons. The zero-order valence-electron chi connectivity index (χ0n) is 28.0. The van der Waals surface area contributed by atoms with Crippen molar-refractivity contribution in [1.82, 2.24) is 5.32 Å². The zero-order chi connectivity index (χ0) is 37.2. The quantitative estimate of drug-likeness (QED) is 0.0916. The Morgan fingerprint density at radius 1 is 0.604 bits per heavy atom. The molecule has 6 rings (SSSR count). The van der Waals surface area contributed by atoms with E-state index in [9.17, 15) is 27.6 Å². The van der Waals surface area contributed by atoms with Crippen molar-refractivity contribution in [2.75, 3.05) is 10.6 Å². The lowest BCUT2D eigenvalue weighted by Gasteiger charge is -2.18. The van der Waals surface area contributed by atoms with Gasteiger partial charge in [0.05, 0.1) is 5.56 Å². The summed E-state index contributed by atoms with van der Waals surface area (Å²) >= 11 is 1.17. The fourth-order valence-corrected chi connectivity index (χ4v) is 6.46. The minimum atomic E-state index is -4.56. The van der Waals surface area contributed by atoms with Crippen molar-refractivity contribution in [3.8, 4) is 11.1 Å². The number of rotatable bonds is 11. The zero-order valence-corrected chi connectivity index (χ0v) is 28.8. The first-order chi connectivity index (χ1) is 25.6. The Labute approximate surface area is 308 Å². The monoisotopic (exact) mass is 727 g/mol. The van der Waals surface area contributed by atoms with E-state index in [1.54, 1.807) is 91.0 Å². The second-order valence-electron chi connectivity index (χ2n) is 11.8. The highest BCUT2D eigenvalue weighted by atomic mass is 32.2. The van der Waals surface area contributed by atoms with Gasteiger partial charge in [-0.05, 0) is 76.9 Å². The number of anilines is 2. The van der Waals surface area contributed by atoms with Gasteiger partial charge in [0.25, 0.3) is 11.8 Å². The van der Waals surface area contributed by atoms with Crippen LogP contribution in [0.2, 0.25) is 0 Å². The average molecular weight is 728 g/mol. The molecule has 10 heteroatoms. The maximum atomic E-state index is 13.8. The number of thioether (sulfide) groups is 1. The molecular formula is C43H32F3N3O3S. The maximum absolute atomic E-state index is 13.8. The molecule has 0 fully saturated rings. The maximum Gasteiger partial charge on any atom is 0.416 e. The number of amides is 3. The van der Waals surface area contributed by atoms with E-state index in [0.29, 0.717) is 27.3 Å². The highest BCUT2D eigenvalue weighted by Gasteiger charge is 2.31. The van der Waals surface area contributed by atoms with Gasteiger partial charge in [0, 0.05) is 21.8 Å². The first-order valence-corrected chi connectivity index (χ1v) is 17.3. The highest BCUT2D eigenvalue weighted by Crippen LogP contribution is 2.38. The van der Waals surface area contributed by atoms with Crippen LogP contribution in [0.3, 0.4) is 0 Å². The van der Waals surface area contributed by atoms with E-state index in [2.05, 4.69) is 16.0 Å². The summed E-state index contributed by atoms with van der Waals surface area (Å²) in [6, 6.07) is 46.1. The lowest BCUT2D eigenvalue weighted by Crippen LogP contribution is -2.30. The van der Waals surface area contributed by atoms with Gasteiger partial charge < -0.3 is 16.0 Å². The number of carbonyl (C=O) groups excluding carboxylic acids is 3. The summed E-state index contributed by atoms with van der Waals surface area (Å²) in [5.74, 6) is -1.57. The van der Waals surface area contributed by atoms with Crippen molar-refractivity contribution in [2.24, 2.45) is 0 Å². The predicted molar refractivity (Wildman–Crippen MR) is 204 cm³/mol. The predicted octanol–water partition coefficient (Wildman–Crippen LogP) is 10.3. The van der Waals surface area contributed by atoms with Gasteiger partial charge >= 0.3 is 6.18 Å².